The van der Waals surface area contributed by atoms with Gasteiger partial charge in [0.2, 0.25) is 35.4 Å². The van der Waals surface area contributed by atoms with Crippen molar-refractivity contribution in [3.8, 4) is 11.4 Å². The number of hydrogen-bond donors (Lipinski definition) is 9. The highest BCUT2D eigenvalue weighted by Gasteiger charge is 2.46. The highest BCUT2D eigenvalue weighted by Crippen LogP contribution is 2.46. The number of cyclic esters (lactones) is 1. The maximum Gasteiger partial charge on any atom is 0.343 e. The highest BCUT2D eigenvalue weighted by molar-refractivity contribution is 6.15. The fraction of sp³-hybridized carbons (Fsp3) is 0.396. The lowest BCUT2D eigenvalue weighted by Crippen LogP contribution is -2.56. The van der Waals surface area contributed by atoms with Crippen LogP contribution in [0.25, 0.3) is 22.3 Å². The number of aryl methyl sites for hydroxylation is 1. The predicted octanol–water partition coefficient (Wildman–Crippen LogP) is -1.46. The molecule has 26 heteroatoms. The molecule has 2 aromatic carbocycles. The van der Waals surface area contributed by atoms with Gasteiger partial charge in [-0.15, -0.1) is 0 Å². The number of benzene rings is 2. The van der Waals surface area contributed by atoms with Crippen LogP contribution in [0.15, 0.2) is 59.4 Å². The van der Waals surface area contributed by atoms with Gasteiger partial charge in [-0.25, -0.2) is 14.2 Å². The molecule has 0 bridgehead atoms. The number of hydrogen-bond acceptors (Lipinski definition) is 16. The van der Waals surface area contributed by atoms with Crippen LogP contribution >= 0.6 is 0 Å². The molecule has 79 heavy (non-hydrogen) atoms. The first-order chi connectivity index (χ1) is 37.7. The van der Waals surface area contributed by atoms with Crippen LogP contribution in [0.3, 0.4) is 0 Å². The topological polar surface area (TPSA) is 352 Å². The van der Waals surface area contributed by atoms with Gasteiger partial charge >= 0.3 is 11.9 Å². The van der Waals surface area contributed by atoms with E-state index >= 15 is 4.39 Å². The van der Waals surface area contributed by atoms with Gasteiger partial charge in [-0.3, -0.25) is 52.8 Å². The minimum Gasteiger partial charge on any atom is -0.480 e. The molecule has 8 amide bonds. The van der Waals surface area contributed by atoms with Gasteiger partial charge in [0.05, 0.1) is 61.2 Å². The summed E-state index contributed by atoms with van der Waals surface area (Å²) in [7, 11) is 0. The van der Waals surface area contributed by atoms with Gasteiger partial charge in [-0.2, -0.15) is 0 Å². The third kappa shape index (κ3) is 11.9. The van der Waals surface area contributed by atoms with Crippen molar-refractivity contribution in [2.24, 2.45) is 0 Å². The maximum atomic E-state index is 15.5. The summed E-state index contributed by atoms with van der Waals surface area (Å²) >= 11 is 0. The molecule has 0 unspecified atom stereocenters. The smallest absolute Gasteiger partial charge is 0.343 e. The molecular weight excluding hydrogens is 1040 g/mol. The Hall–Kier alpha value is -8.75. The Morgan fingerprint density at radius 2 is 1.54 bits per heavy atom. The summed E-state index contributed by atoms with van der Waals surface area (Å²) < 4.78 is 28.0. The number of pyridine rings is 2. The molecule has 25 nitrogen and oxygen atoms in total. The lowest BCUT2D eigenvalue weighted by molar-refractivity contribution is -0.172. The molecule has 5 atom stereocenters. The molecule has 4 aliphatic rings. The van der Waals surface area contributed by atoms with E-state index in [2.05, 4.69) is 37.2 Å². The number of aliphatic hydroxyl groups is 1. The number of esters is 1. The fourth-order valence-electron chi connectivity index (χ4n) is 10.1. The maximum absolute atomic E-state index is 15.5. The summed E-state index contributed by atoms with van der Waals surface area (Å²) in [5.41, 5.74) is 1.62. The Morgan fingerprint density at radius 1 is 0.861 bits per heavy atom. The van der Waals surface area contributed by atoms with Crippen molar-refractivity contribution >= 4 is 70.1 Å². The Kier molecular flexibility index (Phi) is 17.1. The Labute approximate surface area is 449 Å². The summed E-state index contributed by atoms with van der Waals surface area (Å²) in [6.45, 7) is 1.19. The zero-order chi connectivity index (χ0) is 56.9. The molecule has 0 radical (unpaired) electrons. The summed E-state index contributed by atoms with van der Waals surface area (Å²) in [5.74, 6) is -8.97. The molecule has 416 valence electrons. The van der Waals surface area contributed by atoms with E-state index in [1.54, 1.807) is 57.2 Å². The number of aromatic nitrogens is 2. The van der Waals surface area contributed by atoms with E-state index in [1.165, 1.54) is 10.6 Å². The lowest BCUT2D eigenvalue weighted by Gasteiger charge is -2.31. The van der Waals surface area contributed by atoms with Crippen molar-refractivity contribution in [2.75, 3.05) is 39.5 Å². The standard InChI is InChI=1S/C53H57FN10O15/c1-4-38(50(74)62-33-12-11-28-26(3)32(54)17-34-45(28)46(33)29-23-63-36(47(29)61-34)16-31-30(51(63)75)24-78-52(76)53(31,77)5-2)79-25-59-40(66)20-57-48(72)35(15-27-9-7-6-8-10-27)60-41(67)21-56-39(65)19-58-49(73)37(18-55-22-44(70)71)64-42(68)13-14-43(64)69/h6-10,13-14,16-17,33,35,37-38,55,77H,4-5,11-12,15,18-25H2,1-3H3,(H,56,65)(H,57,72)(H,58,73)(H,59,66)(H,60,67)(H,62,74)(H,70,71)/t33-,35-,37-,38+,53-/m0/s1. The van der Waals surface area contributed by atoms with Gasteiger partial charge in [0, 0.05) is 47.7 Å². The summed E-state index contributed by atoms with van der Waals surface area (Å²) in [6.07, 6.45) is 1.55. The van der Waals surface area contributed by atoms with Gasteiger partial charge in [0.25, 0.3) is 17.4 Å². The van der Waals surface area contributed by atoms with Crippen LogP contribution in [0.5, 0.6) is 0 Å². The van der Waals surface area contributed by atoms with Crippen LogP contribution < -0.4 is 42.8 Å². The van der Waals surface area contributed by atoms with E-state index in [9.17, 15) is 57.8 Å². The van der Waals surface area contributed by atoms with Crippen LogP contribution in [0, 0.1) is 12.7 Å². The van der Waals surface area contributed by atoms with Crippen molar-refractivity contribution in [1.29, 1.82) is 0 Å². The number of amides is 8. The molecule has 5 heterocycles. The minimum absolute atomic E-state index is 0.0301. The second-order valence-corrected chi connectivity index (χ2v) is 19.2. The van der Waals surface area contributed by atoms with E-state index in [0.29, 0.717) is 67.8 Å². The number of fused-ring (bicyclic) bond motifs is 5. The third-order valence-corrected chi connectivity index (χ3v) is 14.2. The largest absolute Gasteiger partial charge is 0.480 e. The number of carboxylic acids is 1. The number of nitrogens with one attached hydrogen (secondary N) is 7. The Balaban J connectivity index is 0.860. The molecule has 8 rings (SSSR count). The quantitative estimate of drug-likeness (QED) is 0.0205. The first kappa shape index (κ1) is 56.5. The SMILES string of the molecule is CC[C@@H](OCNC(=O)CNC(=O)[C@H](Cc1ccccc1)NC(=O)CNC(=O)CNC(=O)[C@H](CNCC(=O)O)N1C(=O)C=CC1=O)C(=O)N[C@H]1CCc2c(C)c(F)cc3nc4c(c1c23)Cn1c-4cc2c(c1=O)COC(=O)[C@]2(O)CC. The second kappa shape index (κ2) is 23.9. The van der Waals surface area contributed by atoms with Gasteiger partial charge in [-0.1, -0.05) is 44.2 Å². The van der Waals surface area contributed by atoms with E-state index in [-0.39, 0.29) is 43.5 Å². The number of carboxylic acid groups (broad SMARTS) is 1. The predicted molar refractivity (Wildman–Crippen MR) is 273 cm³/mol. The van der Waals surface area contributed by atoms with Crippen LogP contribution in [-0.4, -0.2) is 142 Å². The first-order valence-corrected chi connectivity index (χ1v) is 25.4. The zero-order valence-corrected chi connectivity index (χ0v) is 43.1. The van der Waals surface area contributed by atoms with E-state index in [4.69, 9.17) is 19.6 Å². The van der Waals surface area contributed by atoms with Crippen molar-refractivity contribution in [3.05, 3.63) is 110 Å². The third-order valence-electron chi connectivity index (χ3n) is 14.2. The molecule has 9 N–H and O–H groups in total. The zero-order valence-electron chi connectivity index (χ0n) is 43.1. The number of carbonyl (C=O) groups excluding carboxylic acids is 9. The molecule has 0 saturated carbocycles. The Bertz CT molecular complexity index is 3280. The minimum atomic E-state index is -2.07. The monoisotopic (exact) mass is 1090 g/mol. The normalized spacial score (nSPS) is 17.9. The number of ether oxygens (including phenoxy) is 2. The molecule has 0 saturated heterocycles. The lowest BCUT2D eigenvalue weighted by atomic mass is 9.81. The number of carbonyl (C=O) groups is 10. The van der Waals surface area contributed by atoms with E-state index < -0.39 is 140 Å². The van der Waals surface area contributed by atoms with E-state index in [1.807, 2.05) is 0 Å². The number of aliphatic carboxylic acids is 1. The molecule has 4 aromatic rings. The number of rotatable bonds is 23. The van der Waals surface area contributed by atoms with Crippen molar-refractivity contribution in [2.45, 2.75) is 95.9 Å². The second-order valence-electron chi connectivity index (χ2n) is 19.2. The van der Waals surface area contributed by atoms with Crippen molar-refractivity contribution < 1.29 is 72.0 Å². The van der Waals surface area contributed by atoms with Crippen LogP contribution in [0.1, 0.15) is 78.1 Å². The first-order valence-electron chi connectivity index (χ1n) is 25.4. The summed E-state index contributed by atoms with van der Waals surface area (Å²) in [5, 5.41) is 38.5. The fourth-order valence-corrected chi connectivity index (χ4v) is 10.1. The average Bonchev–Trinajstić information content (AvgIpc) is 4.24. The molecule has 0 fully saturated rings. The average molecular weight is 1090 g/mol. The molecule has 2 aromatic heterocycles. The number of imide groups is 1. The summed E-state index contributed by atoms with van der Waals surface area (Å²) in [6, 6.07) is 7.99. The van der Waals surface area contributed by atoms with Crippen LogP contribution in [0.2, 0.25) is 0 Å². The molecule has 1 aliphatic carbocycles. The highest BCUT2D eigenvalue weighted by atomic mass is 19.1. The molecule has 3 aliphatic heterocycles. The van der Waals surface area contributed by atoms with Gasteiger partial charge in [0.1, 0.15) is 37.3 Å². The van der Waals surface area contributed by atoms with Gasteiger partial charge in [-0.05, 0) is 60.9 Å². The number of nitrogens with zero attached hydrogens (tertiary/aromatic N) is 3. The van der Waals surface area contributed by atoms with Crippen LogP contribution in [0.4, 0.5) is 4.39 Å². The van der Waals surface area contributed by atoms with Crippen LogP contribution in [-0.2, 0) is 89.0 Å². The van der Waals surface area contributed by atoms with Gasteiger partial charge < -0.3 is 61.5 Å². The number of halogens is 1. The molecule has 0 spiro atoms. The van der Waals surface area contributed by atoms with Crippen molar-refractivity contribution in [1.82, 2.24) is 51.7 Å². The van der Waals surface area contributed by atoms with Crippen molar-refractivity contribution in [3.63, 3.8) is 0 Å². The van der Waals surface area contributed by atoms with E-state index in [0.717, 1.165) is 12.2 Å². The summed E-state index contributed by atoms with van der Waals surface area (Å²) in [4.78, 5) is 147. The Morgan fingerprint density at radius 3 is 2.23 bits per heavy atom. The van der Waals surface area contributed by atoms with Gasteiger partial charge in [0.15, 0.2) is 5.60 Å². The molecular formula is C53H57FN10O15.